The molecule has 2 heterocycles. The van der Waals surface area contributed by atoms with E-state index in [-0.39, 0.29) is 18.5 Å². The van der Waals surface area contributed by atoms with E-state index in [4.69, 9.17) is 5.73 Å². The molecule has 3 rings (SSSR count). The van der Waals surface area contributed by atoms with Crippen LogP contribution in [0.2, 0.25) is 0 Å². The molecule has 0 unspecified atom stereocenters. The number of nitrogens with zero attached hydrogens (tertiary/aromatic N) is 1. The van der Waals surface area contributed by atoms with Crippen LogP contribution in [0.5, 0.6) is 0 Å². The molecular weight excluding hydrogens is 266 g/mol. The molecule has 1 aliphatic carbocycles. The van der Waals surface area contributed by atoms with Crippen LogP contribution in [-0.4, -0.2) is 15.5 Å². The van der Waals surface area contributed by atoms with Crippen LogP contribution in [0.15, 0.2) is 9.59 Å². The summed E-state index contributed by atoms with van der Waals surface area (Å²) in [5.41, 5.74) is 5.34. The fraction of sp³-hybridized carbons (Fsp3) is 0.417. The standard InChI is InChI=1S/C12H13N3O3S/c13-8(16)4-5-15-11(17)9-6-2-1-3-7(6)19-10(9)14-12(15)18/h1-5H2,(H2,13,16)(H,14,18). The van der Waals surface area contributed by atoms with Crippen molar-refractivity contribution in [1.82, 2.24) is 9.55 Å². The minimum atomic E-state index is -0.526. The lowest BCUT2D eigenvalue weighted by Gasteiger charge is -2.03. The predicted molar refractivity (Wildman–Crippen MR) is 72.5 cm³/mol. The summed E-state index contributed by atoms with van der Waals surface area (Å²) in [5, 5.41) is 0.613. The van der Waals surface area contributed by atoms with Gasteiger partial charge in [0, 0.05) is 17.8 Å². The number of rotatable bonds is 3. The monoisotopic (exact) mass is 279 g/mol. The molecule has 6 nitrogen and oxygen atoms in total. The van der Waals surface area contributed by atoms with Crippen molar-refractivity contribution in [3.8, 4) is 0 Å². The number of thiophene rings is 1. The second-order valence-electron chi connectivity index (χ2n) is 4.66. The van der Waals surface area contributed by atoms with E-state index in [1.165, 1.54) is 16.2 Å². The molecule has 0 radical (unpaired) electrons. The Labute approximate surface area is 111 Å². The number of nitrogens with one attached hydrogen (secondary N) is 1. The third kappa shape index (κ3) is 1.90. The Hall–Kier alpha value is -1.89. The molecule has 1 aliphatic rings. The van der Waals surface area contributed by atoms with Gasteiger partial charge in [0.05, 0.1) is 5.39 Å². The Kier molecular flexibility index (Phi) is 2.78. The van der Waals surface area contributed by atoms with Crippen LogP contribution in [0.3, 0.4) is 0 Å². The van der Waals surface area contributed by atoms with Crippen molar-refractivity contribution in [2.45, 2.75) is 32.2 Å². The van der Waals surface area contributed by atoms with E-state index in [1.54, 1.807) is 0 Å². The number of fused-ring (bicyclic) bond motifs is 3. The van der Waals surface area contributed by atoms with Gasteiger partial charge in [0.1, 0.15) is 4.83 Å². The molecule has 3 N–H and O–H groups in total. The summed E-state index contributed by atoms with van der Waals surface area (Å²) in [5.74, 6) is -0.526. The van der Waals surface area contributed by atoms with Gasteiger partial charge in [0.2, 0.25) is 5.91 Å². The summed E-state index contributed by atoms with van der Waals surface area (Å²) in [7, 11) is 0. The predicted octanol–water partition coefficient (Wildman–Crippen LogP) is 0.115. The lowest BCUT2D eigenvalue weighted by molar-refractivity contribution is -0.118. The van der Waals surface area contributed by atoms with Crippen molar-refractivity contribution in [3.05, 3.63) is 31.3 Å². The maximum Gasteiger partial charge on any atom is 0.329 e. The molecule has 7 heteroatoms. The molecule has 0 saturated heterocycles. The van der Waals surface area contributed by atoms with Gasteiger partial charge in [-0.15, -0.1) is 11.3 Å². The highest BCUT2D eigenvalue weighted by Crippen LogP contribution is 2.33. The second-order valence-corrected chi connectivity index (χ2v) is 5.77. The van der Waals surface area contributed by atoms with Crippen molar-refractivity contribution in [3.63, 3.8) is 0 Å². The van der Waals surface area contributed by atoms with Crippen LogP contribution in [0.25, 0.3) is 10.2 Å². The molecule has 0 bridgehead atoms. The van der Waals surface area contributed by atoms with Crippen molar-refractivity contribution in [1.29, 1.82) is 0 Å². The van der Waals surface area contributed by atoms with E-state index < -0.39 is 11.6 Å². The number of aromatic nitrogens is 2. The van der Waals surface area contributed by atoms with Crippen molar-refractivity contribution in [2.75, 3.05) is 0 Å². The number of hydrogen-bond donors (Lipinski definition) is 2. The van der Waals surface area contributed by atoms with Gasteiger partial charge in [-0.1, -0.05) is 0 Å². The van der Waals surface area contributed by atoms with E-state index >= 15 is 0 Å². The molecule has 19 heavy (non-hydrogen) atoms. The average molecular weight is 279 g/mol. The summed E-state index contributed by atoms with van der Waals surface area (Å²) >= 11 is 1.49. The molecule has 0 atom stereocenters. The van der Waals surface area contributed by atoms with Crippen LogP contribution in [0, 0.1) is 0 Å². The highest BCUT2D eigenvalue weighted by atomic mass is 32.1. The van der Waals surface area contributed by atoms with Crippen LogP contribution in [0.1, 0.15) is 23.3 Å². The van der Waals surface area contributed by atoms with Gasteiger partial charge in [-0.25, -0.2) is 4.79 Å². The van der Waals surface area contributed by atoms with Gasteiger partial charge in [-0.05, 0) is 24.8 Å². The molecule has 0 aromatic carbocycles. The van der Waals surface area contributed by atoms with E-state index in [2.05, 4.69) is 4.98 Å². The number of H-pyrrole nitrogens is 1. The smallest absolute Gasteiger partial charge is 0.329 e. The van der Waals surface area contributed by atoms with Crippen LogP contribution in [0.4, 0.5) is 0 Å². The topological polar surface area (TPSA) is 97.9 Å². The van der Waals surface area contributed by atoms with E-state index in [0.29, 0.717) is 10.2 Å². The minimum absolute atomic E-state index is 0.0131. The van der Waals surface area contributed by atoms with E-state index in [9.17, 15) is 14.4 Å². The van der Waals surface area contributed by atoms with E-state index in [1.807, 2.05) is 0 Å². The van der Waals surface area contributed by atoms with E-state index in [0.717, 1.165) is 29.4 Å². The minimum Gasteiger partial charge on any atom is -0.370 e. The molecule has 100 valence electrons. The normalized spacial score (nSPS) is 13.9. The number of carbonyl (C=O) groups excluding carboxylic acids is 1. The van der Waals surface area contributed by atoms with Gasteiger partial charge in [0.25, 0.3) is 5.56 Å². The number of amides is 1. The van der Waals surface area contributed by atoms with Gasteiger partial charge >= 0.3 is 5.69 Å². The van der Waals surface area contributed by atoms with Crippen molar-refractivity contribution < 1.29 is 4.79 Å². The van der Waals surface area contributed by atoms with Crippen molar-refractivity contribution in [2.24, 2.45) is 5.73 Å². The molecule has 2 aromatic heterocycles. The molecule has 1 amide bonds. The number of aryl methyl sites for hydroxylation is 2. The summed E-state index contributed by atoms with van der Waals surface area (Å²) in [6.07, 6.45) is 2.89. The first-order valence-corrected chi connectivity index (χ1v) is 6.95. The SMILES string of the molecule is NC(=O)CCn1c(=O)[nH]c2sc3c(c2c1=O)CCC3. The highest BCUT2D eigenvalue weighted by molar-refractivity contribution is 7.18. The Balaban J connectivity index is 2.21. The number of nitrogens with two attached hydrogens (primary N) is 1. The lowest BCUT2D eigenvalue weighted by atomic mass is 10.2. The zero-order chi connectivity index (χ0) is 13.6. The first kappa shape index (κ1) is 12.2. The fourth-order valence-corrected chi connectivity index (χ4v) is 3.81. The molecule has 0 aliphatic heterocycles. The summed E-state index contributed by atoms with van der Waals surface area (Å²) < 4.78 is 1.07. The Morgan fingerprint density at radius 2 is 2.16 bits per heavy atom. The average Bonchev–Trinajstić information content (AvgIpc) is 2.87. The van der Waals surface area contributed by atoms with Crippen LogP contribution >= 0.6 is 11.3 Å². The zero-order valence-corrected chi connectivity index (χ0v) is 11.0. The highest BCUT2D eigenvalue weighted by Gasteiger charge is 2.21. The molecule has 2 aromatic rings. The Morgan fingerprint density at radius 3 is 2.89 bits per heavy atom. The molecule has 0 fully saturated rings. The summed E-state index contributed by atoms with van der Waals surface area (Å²) in [4.78, 5) is 39.6. The second kappa shape index (κ2) is 4.34. The van der Waals surface area contributed by atoms with Crippen LogP contribution in [-0.2, 0) is 24.2 Å². The molecular formula is C12H13N3O3S. The summed E-state index contributed by atoms with van der Waals surface area (Å²) in [6.45, 7) is 0.0318. The Bertz CT molecular complexity index is 784. The first-order chi connectivity index (χ1) is 9.08. The third-order valence-corrected chi connectivity index (χ3v) is 4.63. The maximum atomic E-state index is 12.4. The maximum absolute atomic E-state index is 12.4. The summed E-state index contributed by atoms with van der Waals surface area (Å²) in [6, 6.07) is 0. The molecule has 0 saturated carbocycles. The van der Waals surface area contributed by atoms with Crippen LogP contribution < -0.4 is 17.0 Å². The van der Waals surface area contributed by atoms with Gasteiger partial charge < -0.3 is 5.73 Å². The van der Waals surface area contributed by atoms with Gasteiger partial charge in [-0.3, -0.25) is 19.1 Å². The quantitative estimate of drug-likeness (QED) is 0.834. The van der Waals surface area contributed by atoms with Crippen molar-refractivity contribution >= 4 is 27.5 Å². The fourth-order valence-electron chi connectivity index (χ4n) is 2.54. The number of carbonyl (C=O) groups is 1. The first-order valence-electron chi connectivity index (χ1n) is 6.13. The largest absolute Gasteiger partial charge is 0.370 e. The third-order valence-electron chi connectivity index (χ3n) is 3.43. The van der Waals surface area contributed by atoms with Gasteiger partial charge in [-0.2, -0.15) is 0 Å². The zero-order valence-electron chi connectivity index (χ0n) is 10.2. The number of aromatic amines is 1. The Morgan fingerprint density at radius 1 is 1.37 bits per heavy atom. The molecule has 0 spiro atoms. The lowest BCUT2D eigenvalue weighted by Crippen LogP contribution is -2.36. The van der Waals surface area contributed by atoms with Gasteiger partial charge in [0.15, 0.2) is 0 Å². The number of primary amides is 1. The number of hydrogen-bond acceptors (Lipinski definition) is 4.